The van der Waals surface area contributed by atoms with Crippen LogP contribution in [0.4, 0.5) is 5.69 Å². The molecule has 0 amide bonds. The fourth-order valence-corrected chi connectivity index (χ4v) is 2.05. The first-order valence-corrected chi connectivity index (χ1v) is 5.80. The number of benzene rings is 1. The van der Waals surface area contributed by atoms with Crippen LogP contribution in [-0.4, -0.2) is 19.5 Å². The lowest BCUT2D eigenvalue weighted by atomic mass is 10.2. The van der Waals surface area contributed by atoms with E-state index in [2.05, 4.69) is 15.0 Å². The van der Waals surface area contributed by atoms with Crippen LogP contribution in [0.15, 0.2) is 29.6 Å². The van der Waals surface area contributed by atoms with Crippen LogP contribution in [0, 0.1) is 22.7 Å². The van der Waals surface area contributed by atoms with Gasteiger partial charge in [0, 0.05) is 0 Å². The Bertz CT molecular complexity index is 1000. The number of fused-ring (bicyclic) bond motifs is 1. The molecule has 0 aliphatic carbocycles. The topological polar surface area (TPSA) is 137 Å². The number of nitrogens with two attached hydrogens (primary N) is 1. The van der Waals surface area contributed by atoms with Crippen molar-refractivity contribution in [3.8, 4) is 17.8 Å². The van der Waals surface area contributed by atoms with Gasteiger partial charge in [0.25, 0.3) is 5.56 Å². The van der Waals surface area contributed by atoms with Crippen LogP contribution in [0.2, 0.25) is 0 Å². The average molecular weight is 277 g/mol. The van der Waals surface area contributed by atoms with Crippen LogP contribution < -0.4 is 11.3 Å². The molecule has 3 rings (SSSR count). The molecule has 3 aromatic rings. The zero-order valence-electron chi connectivity index (χ0n) is 10.5. The Hall–Kier alpha value is -3.65. The summed E-state index contributed by atoms with van der Waals surface area (Å²) in [6, 6.07) is 6.80. The molecule has 0 saturated heterocycles. The standard InChI is InChI=1S/C13H7N7O/c14-3-10-12(4-15)20(6-19-10)11-2-9-7(1-8(11)16)13(21)18-5-17-9/h1-2,5-6H,16H2,(H,17,18,21). The molecule has 0 radical (unpaired) electrons. The number of nitrogens with one attached hydrogen (secondary N) is 1. The quantitative estimate of drug-likeness (QED) is 0.619. The minimum Gasteiger partial charge on any atom is -0.397 e. The van der Waals surface area contributed by atoms with E-state index in [1.807, 2.05) is 12.1 Å². The molecular formula is C13H7N7O. The number of H-pyrrole nitrogens is 1. The number of anilines is 1. The molecule has 2 aromatic heterocycles. The maximum atomic E-state index is 11.7. The number of aromatic amines is 1. The van der Waals surface area contributed by atoms with Crippen LogP contribution >= 0.6 is 0 Å². The van der Waals surface area contributed by atoms with Crippen molar-refractivity contribution in [2.45, 2.75) is 0 Å². The Morgan fingerprint density at radius 2 is 2.05 bits per heavy atom. The number of nitrogen functional groups attached to an aromatic ring is 1. The van der Waals surface area contributed by atoms with E-state index in [0.29, 0.717) is 16.6 Å². The lowest BCUT2D eigenvalue weighted by Crippen LogP contribution is -2.09. The van der Waals surface area contributed by atoms with Crippen molar-refractivity contribution in [3.63, 3.8) is 0 Å². The van der Waals surface area contributed by atoms with Gasteiger partial charge in [-0.05, 0) is 12.1 Å². The lowest BCUT2D eigenvalue weighted by Gasteiger charge is -2.08. The molecule has 0 fully saturated rings. The monoisotopic (exact) mass is 277 g/mol. The molecule has 8 heteroatoms. The summed E-state index contributed by atoms with van der Waals surface area (Å²) in [5.74, 6) is 0. The molecule has 1 aromatic carbocycles. The van der Waals surface area contributed by atoms with Crippen LogP contribution in [0.3, 0.4) is 0 Å². The van der Waals surface area contributed by atoms with Gasteiger partial charge < -0.3 is 10.7 Å². The van der Waals surface area contributed by atoms with Gasteiger partial charge in [-0.25, -0.2) is 9.97 Å². The average Bonchev–Trinajstić information content (AvgIpc) is 2.90. The summed E-state index contributed by atoms with van der Waals surface area (Å²) >= 11 is 0. The third-order valence-corrected chi connectivity index (χ3v) is 3.03. The maximum absolute atomic E-state index is 11.7. The predicted molar refractivity (Wildman–Crippen MR) is 73.3 cm³/mol. The van der Waals surface area contributed by atoms with Gasteiger partial charge in [-0.3, -0.25) is 9.36 Å². The first-order chi connectivity index (χ1) is 10.2. The predicted octanol–water partition coefficient (Wildman–Crippen LogP) is 0.434. The second-order valence-corrected chi connectivity index (χ2v) is 4.20. The number of rotatable bonds is 1. The largest absolute Gasteiger partial charge is 0.397 e. The first-order valence-electron chi connectivity index (χ1n) is 5.80. The molecule has 0 bridgehead atoms. The van der Waals surface area contributed by atoms with E-state index in [1.165, 1.54) is 23.3 Å². The summed E-state index contributed by atoms with van der Waals surface area (Å²) in [6.45, 7) is 0. The van der Waals surface area contributed by atoms with Gasteiger partial charge >= 0.3 is 0 Å². The van der Waals surface area contributed by atoms with Crippen LogP contribution in [0.5, 0.6) is 0 Å². The van der Waals surface area contributed by atoms with Crippen LogP contribution in [0.25, 0.3) is 16.6 Å². The van der Waals surface area contributed by atoms with Crippen LogP contribution in [-0.2, 0) is 0 Å². The molecule has 0 spiro atoms. The van der Waals surface area contributed by atoms with Crippen molar-refractivity contribution < 1.29 is 0 Å². The molecule has 0 aliphatic rings. The number of aromatic nitrogens is 4. The summed E-state index contributed by atoms with van der Waals surface area (Å²) in [5, 5.41) is 18.4. The summed E-state index contributed by atoms with van der Waals surface area (Å²) in [6.07, 6.45) is 2.62. The summed E-state index contributed by atoms with van der Waals surface area (Å²) in [4.78, 5) is 22.1. The zero-order chi connectivity index (χ0) is 15.0. The molecule has 3 N–H and O–H groups in total. The van der Waals surface area contributed by atoms with Gasteiger partial charge in [0.1, 0.15) is 18.5 Å². The highest BCUT2D eigenvalue weighted by molar-refractivity contribution is 5.85. The zero-order valence-corrected chi connectivity index (χ0v) is 10.5. The molecule has 0 saturated carbocycles. The summed E-state index contributed by atoms with van der Waals surface area (Å²) < 4.78 is 1.40. The Labute approximate surface area is 117 Å². The second kappa shape index (κ2) is 4.47. The third kappa shape index (κ3) is 1.79. The van der Waals surface area contributed by atoms with E-state index in [4.69, 9.17) is 16.3 Å². The van der Waals surface area contributed by atoms with Gasteiger partial charge in [0.15, 0.2) is 11.4 Å². The molecule has 0 atom stereocenters. The van der Waals surface area contributed by atoms with Crippen molar-refractivity contribution in [2.24, 2.45) is 0 Å². The van der Waals surface area contributed by atoms with Crippen molar-refractivity contribution in [2.75, 3.05) is 5.73 Å². The minimum atomic E-state index is -0.304. The number of hydrogen-bond acceptors (Lipinski definition) is 6. The Balaban J connectivity index is 2.35. The van der Waals surface area contributed by atoms with E-state index < -0.39 is 0 Å². The van der Waals surface area contributed by atoms with E-state index in [9.17, 15) is 4.79 Å². The third-order valence-electron chi connectivity index (χ3n) is 3.03. The Morgan fingerprint density at radius 1 is 1.24 bits per heavy atom. The number of imidazole rings is 1. The van der Waals surface area contributed by atoms with E-state index in [-0.39, 0.29) is 22.6 Å². The Kier molecular flexibility index (Phi) is 2.64. The van der Waals surface area contributed by atoms with Gasteiger partial charge in [-0.2, -0.15) is 10.5 Å². The molecular weight excluding hydrogens is 270 g/mol. The van der Waals surface area contributed by atoms with Crippen molar-refractivity contribution >= 4 is 16.6 Å². The van der Waals surface area contributed by atoms with Gasteiger partial charge in [-0.1, -0.05) is 0 Å². The number of nitriles is 2. The normalized spacial score (nSPS) is 10.2. The SMILES string of the molecule is N#Cc1ncn(-c2cc3nc[nH]c(=O)c3cc2N)c1C#N. The summed E-state index contributed by atoms with van der Waals surface area (Å²) in [5.41, 5.74) is 6.87. The fourth-order valence-electron chi connectivity index (χ4n) is 2.05. The van der Waals surface area contributed by atoms with Crippen molar-refractivity contribution in [1.29, 1.82) is 10.5 Å². The number of hydrogen-bond donors (Lipinski definition) is 2. The molecule has 2 heterocycles. The van der Waals surface area contributed by atoms with E-state index >= 15 is 0 Å². The van der Waals surface area contributed by atoms with E-state index in [1.54, 1.807) is 6.07 Å². The van der Waals surface area contributed by atoms with Crippen molar-refractivity contribution in [1.82, 2.24) is 19.5 Å². The highest BCUT2D eigenvalue weighted by Gasteiger charge is 2.15. The van der Waals surface area contributed by atoms with Gasteiger partial charge in [0.05, 0.1) is 28.6 Å². The smallest absolute Gasteiger partial charge is 0.258 e. The Morgan fingerprint density at radius 3 is 2.76 bits per heavy atom. The highest BCUT2D eigenvalue weighted by Crippen LogP contribution is 2.24. The molecule has 21 heavy (non-hydrogen) atoms. The number of nitrogens with zero attached hydrogens (tertiary/aromatic N) is 5. The molecule has 0 unspecified atom stereocenters. The molecule has 8 nitrogen and oxygen atoms in total. The molecule has 100 valence electrons. The first kappa shape index (κ1) is 12.4. The summed E-state index contributed by atoms with van der Waals surface area (Å²) in [7, 11) is 0. The fraction of sp³-hybridized carbons (Fsp3) is 0. The van der Waals surface area contributed by atoms with Gasteiger partial charge in [0.2, 0.25) is 0 Å². The van der Waals surface area contributed by atoms with Crippen LogP contribution in [0.1, 0.15) is 11.4 Å². The second-order valence-electron chi connectivity index (χ2n) is 4.20. The van der Waals surface area contributed by atoms with Crippen molar-refractivity contribution in [3.05, 3.63) is 46.5 Å². The molecule has 0 aliphatic heterocycles. The van der Waals surface area contributed by atoms with E-state index in [0.717, 1.165) is 0 Å². The minimum absolute atomic E-state index is 0.0101. The maximum Gasteiger partial charge on any atom is 0.258 e. The van der Waals surface area contributed by atoms with Gasteiger partial charge in [-0.15, -0.1) is 0 Å². The lowest BCUT2D eigenvalue weighted by molar-refractivity contribution is 1.04. The highest BCUT2D eigenvalue weighted by atomic mass is 16.1.